The highest BCUT2D eigenvalue weighted by Gasteiger charge is 2.38. The molecule has 2 atom stereocenters. The van der Waals surface area contributed by atoms with Gasteiger partial charge in [0, 0.05) is 31.2 Å². The third-order valence-electron chi connectivity index (χ3n) is 6.05. The number of anilines is 1. The molecule has 1 aromatic carbocycles. The van der Waals surface area contributed by atoms with E-state index in [4.69, 9.17) is 0 Å². The summed E-state index contributed by atoms with van der Waals surface area (Å²) in [5, 5.41) is 18.1. The van der Waals surface area contributed by atoms with Gasteiger partial charge in [0.2, 0.25) is 0 Å². The molecular formula is C24H19F7N6O3. The van der Waals surface area contributed by atoms with Gasteiger partial charge in [0.05, 0.1) is 34.5 Å². The van der Waals surface area contributed by atoms with Crippen molar-refractivity contribution < 1.29 is 35.8 Å². The Morgan fingerprint density at radius 2 is 1.73 bits per heavy atom. The summed E-state index contributed by atoms with van der Waals surface area (Å²) in [5.41, 5.74) is -5.57. The Kier molecular flexibility index (Phi) is 7.65. The molecule has 16 heteroatoms. The molecule has 0 spiro atoms. The summed E-state index contributed by atoms with van der Waals surface area (Å²) in [6, 6.07) is 2.55. The quantitative estimate of drug-likeness (QED) is 0.286. The highest BCUT2D eigenvalue weighted by molar-refractivity contribution is 5.86. The minimum atomic E-state index is -4.98. The van der Waals surface area contributed by atoms with Crippen LogP contribution < -0.4 is 16.4 Å². The largest absolute Gasteiger partial charge is 0.423 e. The van der Waals surface area contributed by atoms with Gasteiger partial charge in [-0.25, -0.2) is 19.5 Å². The van der Waals surface area contributed by atoms with Crippen LogP contribution in [0, 0.1) is 5.82 Å². The van der Waals surface area contributed by atoms with E-state index >= 15 is 0 Å². The maximum atomic E-state index is 14.8. The van der Waals surface area contributed by atoms with E-state index in [1.165, 1.54) is 25.3 Å². The average Bonchev–Trinajstić information content (AvgIpc) is 2.87. The monoisotopic (exact) mass is 572 g/mol. The number of hydrogen-bond donors (Lipinski definition) is 3. The fraction of sp³-hybridized carbons (Fsp3) is 0.292. The Hall–Kier alpha value is -4.34. The number of rotatable bonds is 7. The second-order valence-corrected chi connectivity index (χ2v) is 8.80. The van der Waals surface area contributed by atoms with E-state index in [0.29, 0.717) is 12.4 Å². The lowest BCUT2D eigenvalue weighted by Crippen LogP contribution is -2.35. The second kappa shape index (κ2) is 10.7. The summed E-state index contributed by atoms with van der Waals surface area (Å²) in [6.45, 7) is 1.27. The van der Waals surface area contributed by atoms with E-state index in [-0.39, 0.29) is 35.1 Å². The number of halogens is 7. The van der Waals surface area contributed by atoms with Crippen molar-refractivity contribution in [3.63, 3.8) is 0 Å². The van der Waals surface area contributed by atoms with Crippen LogP contribution in [-0.4, -0.2) is 42.0 Å². The third-order valence-corrected chi connectivity index (χ3v) is 6.05. The average molecular weight is 572 g/mol. The number of hydrogen-bond acceptors (Lipinski definition) is 7. The number of H-pyrrole nitrogens is 1. The van der Waals surface area contributed by atoms with Gasteiger partial charge >= 0.3 is 12.4 Å². The van der Waals surface area contributed by atoms with Gasteiger partial charge in [-0.05, 0) is 36.9 Å². The first-order chi connectivity index (χ1) is 18.7. The minimum Gasteiger partial charge on any atom is -0.391 e. The highest BCUT2D eigenvalue weighted by Crippen LogP contribution is 2.32. The molecule has 0 fully saturated rings. The SMILES string of the molecule is C[C@H](Nc1cn[nH]c(=O)c1C(F)(F)F)[C@@H](O)CCn1ccc2cc(-c3ncc(C(F)(F)F)cn3)c(F)cc2c1=O. The molecule has 0 aliphatic carbocycles. The molecule has 3 heterocycles. The normalized spacial score (nSPS) is 13.8. The van der Waals surface area contributed by atoms with Gasteiger partial charge in [-0.1, -0.05) is 0 Å². The molecule has 0 saturated carbocycles. The molecule has 40 heavy (non-hydrogen) atoms. The molecular weight excluding hydrogens is 553 g/mol. The second-order valence-electron chi connectivity index (χ2n) is 8.80. The highest BCUT2D eigenvalue weighted by atomic mass is 19.4. The summed E-state index contributed by atoms with van der Waals surface area (Å²) in [5.74, 6) is -1.27. The predicted molar refractivity (Wildman–Crippen MR) is 128 cm³/mol. The number of nitrogens with one attached hydrogen (secondary N) is 2. The van der Waals surface area contributed by atoms with Crippen molar-refractivity contribution in [2.45, 2.75) is 44.4 Å². The van der Waals surface area contributed by atoms with E-state index < -0.39 is 58.2 Å². The molecule has 4 aromatic rings. The number of aryl methyl sites for hydroxylation is 1. The number of fused-ring (bicyclic) bond motifs is 1. The van der Waals surface area contributed by atoms with E-state index in [9.17, 15) is 45.4 Å². The van der Waals surface area contributed by atoms with Crippen LogP contribution in [0.4, 0.5) is 36.4 Å². The minimum absolute atomic E-state index is 0.0688. The van der Waals surface area contributed by atoms with E-state index in [1.54, 1.807) is 5.10 Å². The summed E-state index contributed by atoms with van der Waals surface area (Å²) in [4.78, 5) is 31.7. The Labute approximate surface area is 219 Å². The molecule has 3 N–H and O–H groups in total. The molecule has 212 valence electrons. The summed E-state index contributed by atoms with van der Waals surface area (Å²) in [6.07, 6.45) is -7.90. The van der Waals surface area contributed by atoms with Gasteiger partial charge in [-0.15, -0.1) is 0 Å². The van der Waals surface area contributed by atoms with Crippen molar-refractivity contribution >= 4 is 16.5 Å². The summed E-state index contributed by atoms with van der Waals surface area (Å²) >= 11 is 0. The predicted octanol–water partition coefficient (Wildman–Crippen LogP) is 3.97. The van der Waals surface area contributed by atoms with E-state index in [1.807, 2.05) is 0 Å². The fourth-order valence-corrected chi connectivity index (χ4v) is 3.92. The Morgan fingerprint density at radius 3 is 2.35 bits per heavy atom. The molecule has 4 rings (SSSR count). The van der Waals surface area contributed by atoms with E-state index in [0.717, 1.165) is 16.8 Å². The van der Waals surface area contributed by atoms with Crippen LogP contribution in [0.5, 0.6) is 0 Å². The van der Waals surface area contributed by atoms with Gasteiger partial charge in [0.25, 0.3) is 11.1 Å². The zero-order valence-corrected chi connectivity index (χ0v) is 20.3. The Balaban J connectivity index is 1.51. The number of nitrogens with zero attached hydrogens (tertiary/aromatic N) is 4. The number of pyridine rings is 1. The van der Waals surface area contributed by atoms with Crippen molar-refractivity contribution in [1.82, 2.24) is 24.7 Å². The maximum absolute atomic E-state index is 14.8. The molecule has 0 amide bonds. The lowest BCUT2D eigenvalue weighted by Gasteiger charge is -2.23. The van der Waals surface area contributed by atoms with Crippen molar-refractivity contribution in [1.29, 1.82) is 0 Å². The molecule has 0 aliphatic rings. The first-order valence-electron chi connectivity index (χ1n) is 11.5. The molecule has 0 saturated heterocycles. The van der Waals surface area contributed by atoms with E-state index in [2.05, 4.69) is 20.4 Å². The van der Waals surface area contributed by atoms with Gasteiger partial charge in [0.15, 0.2) is 5.82 Å². The number of benzene rings is 1. The van der Waals surface area contributed by atoms with Crippen LogP contribution >= 0.6 is 0 Å². The molecule has 0 unspecified atom stereocenters. The first kappa shape index (κ1) is 28.7. The van der Waals surface area contributed by atoms with Crippen molar-refractivity contribution in [2.75, 3.05) is 5.32 Å². The number of aliphatic hydroxyl groups excluding tert-OH is 1. The van der Waals surface area contributed by atoms with Crippen LogP contribution in [0.2, 0.25) is 0 Å². The maximum Gasteiger partial charge on any atom is 0.423 e. The number of aromatic amines is 1. The Morgan fingerprint density at radius 1 is 1.05 bits per heavy atom. The van der Waals surface area contributed by atoms with Gasteiger partial charge < -0.3 is 15.0 Å². The third kappa shape index (κ3) is 5.95. The van der Waals surface area contributed by atoms with Crippen molar-refractivity contribution in [3.05, 3.63) is 80.6 Å². The van der Waals surface area contributed by atoms with Gasteiger partial charge in [-0.2, -0.15) is 31.4 Å². The van der Waals surface area contributed by atoms with Crippen LogP contribution in [0.25, 0.3) is 22.2 Å². The van der Waals surface area contributed by atoms with Crippen molar-refractivity contribution in [2.24, 2.45) is 0 Å². The van der Waals surface area contributed by atoms with Gasteiger partial charge in [0.1, 0.15) is 11.4 Å². The standard InChI is InChI=1S/C24H19F7N6O3/c1-11(35-17-10-34-36-21(39)19(17)24(29,30)31)18(38)3-5-37-4-2-12-6-15(16(25)7-14(12)22(37)40)20-32-8-13(9-33-20)23(26,27)28/h2,4,6-11,18,38H,3,5H2,1H3,(H2,35,36,39)/t11-,18-/m0/s1. The molecule has 9 nitrogen and oxygen atoms in total. The molecule has 3 aromatic heterocycles. The zero-order chi connectivity index (χ0) is 29.4. The fourth-order valence-electron chi connectivity index (χ4n) is 3.92. The Bertz CT molecular complexity index is 1650. The van der Waals surface area contributed by atoms with Crippen LogP contribution in [0.15, 0.2) is 52.6 Å². The van der Waals surface area contributed by atoms with Crippen LogP contribution in [0.1, 0.15) is 24.5 Å². The smallest absolute Gasteiger partial charge is 0.391 e. The zero-order valence-electron chi connectivity index (χ0n) is 20.3. The molecule has 0 bridgehead atoms. The van der Waals surface area contributed by atoms with Crippen LogP contribution in [-0.2, 0) is 18.9 Å². The molecule has 0 radical (unpaired) electrons. The molecule has 0 aliphatic heterocycles. The number of aliphatic hydroxyl groups is 1. The van der Waals surface area contributed by atoms with Gasteiger partial charge in [-0.3, -0.25) is 9.59 Å². The summed E-state index contributed by atoms with van der Waals surface area (Å²) < 4.78 is 94.0. The van der Waals surface area contributed by atoms with Crippen molar-refractivity contribution in [3.8, 4) is 11.4 Å². The summed E-state index contributed by atoms with van der Waals surface area (Å²) in [7, 11) is 0. The van der Waals surface area contributed by atoms with Crippen LogP contribution in [0.3, 0.4) is 0 Å². The first-order valence-corrected chi connectivity index (χ1v) is 11.5. The topological polar surface area (TPSA) is 126 Å². The number of alkyl halides is 6. The lowest BCUT2D eigenvalue weighted by molar-refractivity contribution is -0.139. The number of aromatic nitrogens is 5. The lowest BCUT2D eigenvalue weighted by atomic mass is 10.1.